The van der Waals surface area contributed by atoms with Crippen molar-refractivity contribution in [3.05, 3.63) is 35.9 Å². The number of rotatable bonds is 2. The summed E-state index contributed by atoms with van der Waals surface area (Å²) < 4.78 is 0. The van der Waals surface area contributed by atoms with E-state index in [9.17, 15) is 5.26 Å². The van der Waals surface area contributed by atoms with Crippen LogP contribution in [-0.2, 0) is 0 Å². The van der Waals surface area contributed by atoms with Crippen molar-refractivity contribution in [3.8, 4) is 6.07 Å². The van der Waals surface area contributed by atoms with E-state index in [0.29, 0.717) is 11.6 Å². The van der Waals surface area contributed by atoms with Crippen LogP contribution in [0.5, 0.6) is 0 Å². The number of anilines is 1. The molecule has 1 aromatic carbocycles. The summed E-state index contributed by atoms with van der Waals surface area (Å²) in [5, 5.41) is 10.2. The van der Waals surface area contributed by atoms with Gasteiger partial charge in [0, 0.05) is 18.5 Å². The van der Waals surface area contributed by atoms with Gasteiger partial charge in [-0.25, -0.2) is 4.98 Å². The van der Waals surface area contributed by atoms with E-state index < -0.39 is 0 Å². The lowest BCUT2D eigenvalue weighted by molar-refractivity contribution is 0.399. The first kappa shape index (κ1) is 11.0. The second kappa shape index (κ2) is 4.30. The minimum Gasteiger partial charge on any atom is -0.357 e. The Balaban J connectivity index is 2.10. The van der Waals surface area contributed by atoms with Crippen LogP contribution in [0.2, 0.25) is 0 Å². The molecule has 0 unspecified atom stereocenters. The van der Waals surface area contributed by atoms with Gasteiger partial charge in [0.15, 0.2) is 0 Å². The molecular formula is C15H15N3. The molecule has 1 saturated carbocycles. The molecule has 0 N–H and O–H groups in total. The fourth-order valence-electron chi connectivity index (χ4n) is 2.40. The highest BCUT2D eigenvalue weighted by Gasteiger charge is 2.23. The van der Waals surface area contributed by atoms with Crippen LogP contribution in [0, 0.1) is 11.3 Å². The fraction of sp³-hybridized carbons (Fsp3) is 0.333. The fourth-order valence-corrected chi connectivity index (χ4v) is 2.40. The van der Waals surface area contributed by atoms with Gasteiger partial charge < -0.3 is 4.90 Å². The molecule has 3 heteroatoms. The van der Waals surface area contributed by atoms with Crippen LogP contribution in [0.1, 0.15) is 24.8 Å². The number of benzene rings is 1. The van der Waals surface area contributed by atoms with Gasteiger partial charge in [-0.2, -0.15) is 5.26 Å². The molecule has 1 aromatic heterocycles. The van der Waals surface area contributed by atoms with Crippen LogP contribution in [-0.4, -0.2) is 18.1 Å². The zero-order chi connectivity index (χ0) is 12.5. The quantitative estimate of drug-likeness (QED) is 0.805. The minimum absolute atomic E-state index is 0.588. The monoisotopic (exact) mass is 237 g/mol. The molecule has 0 bridgehead atoms. The highest BCUT2D eigenvalue weighted by molar-refractivity contribution is 5.86. The van der Waals surface area contributed by atoms with Gasteiger partial charge in [0.05, 0.1) is 17.1 Å². The maximum atomic E-state index is 9.26. The third-order valence-electron chi connectivity index (χ3n) is 3.81. The van der Waals surface area contributed by atoms with Crippen molar-refractivity contribution < 1.29 is 0 Å². The Kier molecular flexibility index (Phi) is 2.64. The van der Waals surface area contributed by atoms with Crippen LogP contribution in [0.3, 0.4) is 0 Å². The molecule has 1 aliphatic rings. The van der Waals surface area contributed by atoms with Gasteiger partial charge in [-0.05, 0) is 31.4 Å². The van der Waals surface area contributed by atoms with E-state index in [2.05, 4.69) is 23.0 Å². The molecule has 90 valence electrons. The molecule has 1 heterocycles. The Hall–Kier alpha value is -2.08. The van der Waals surface area contributed by atoms with Crippen molar-refractivity contribution in [2.45, 2.75) is 25.3 Å². The summed E-state index contributed by atoms with van der Waals surface area (Å²) in [5.74, 6) is 0.912. The predicted molar refractivity (Wildman–Crippen MR) is 72.5 cm³/mol. The standard InChI is InChI=1S/C15H15N3/c1-18(12-5-4-6-12)15-9-11(10-16)13-7-2-3-8-14(13)17-15/h2-3,7-9,12H,4-6H2,1H3. The summed E-state index contributed by atoms with van der Waals surface area (Å²) in [7, 11) is 2.07. The first-order valence-corrected chi connectivity index (χ1v) is 6.32. The van der Waals surface area contributed by atoms with Crippen LogP contribution >= 0.6 is 0 Å². The molecule has 18 heavy (non-hydrogen) atoms. The Morgan fingerprint density at radius 3 is 2.78 bits per heavy atom. The lowest BCUT2D eigenvalue weighted by Gasteiger charge is -2.35. The summed E-state index contributed by atoms with van der Waals surface area (Å²) in [4.78, 5) is 6.87. The molecule has 0 amide bonds. The number of para-hydroxylation sites is 1. The number of hydrogen-bond acceptors (Lipinski definition) is 3. The summed E-state index contributed by atoms with van der Waals surface area (Å²) in [6.07, 6.45) is 3.76. The van der Waals surface area contributed by atoms with Crippen molar-refractivity contribution in [1.29, 1.82) is 5.26 Å². The topological polar surface area (TPSA) is 39.9 Å². The Labute approximate surface area is 107 Å². The SMILES string of the molecule is CN(c1cc(C#N)c2ccccc2n1)C1CCC1. The van der Waals surface area contributed by atoms with Crippen molar-refractivity contribution in [3.63, 3.8) is 0 Å². The first-order chi connectivity index (χ1) is 8.79. The molecule has 0 atom stereocenters. The third kappa shape index (κ3) is 1.70. The summed E-state index contributed by atoms with van der Waals surface area (Å²) in [5.41, 5.74) is 1.61. The van der Waals surface area contributed by atoms with Crippen molar-refractivity contribution >= 4 is 16.7 Å². The van der Waals surface area contributed by atoms with Crippen molar-refractivity contribution in [1.82, 2.24) is 4.98 Å². The number of nitriles is 1. The average Bonchev–Trinajstić information content (AvgIpc) is 2.35. The maximum Gasteiger partial charge on any atom is 0.130 e. The van der Waals surface area contributed by atoms with E-state index in [1.54, 1.807) is 0 Å². The van der Waals surface area contributed by atoms with Gasteiger partial charge >= 0.3 is 0 Å². The molecule has 0 aliphatic heterocycles. The lowest BCUT2D eigenvalue weighted by atomic mass is 9.92. The molecule has 2 aromatic rings. The number of nitrogens with zero attached hydrogens (tertiary/aromatic N) is 3. The molecule has 0 saturated heterocycles. The van der Waals surface area contributed by atoms with Gasteiger partial charge in [-0.15, -0.1) is 0 Å². The van der Waals surface area contributed by atoms with Gasteiger partial charge in [0.25, 0.3) is 0 Å². The maximum absolute atomic E-state index is 9.26. The molecule has 1 fully saturated rings. The van der Waals surface area contributed by atoms with Crippen LogP contribution in [0.15, 0.2) is 30.3 Å². The van der Waals surface area contributed by atoms with Crippen LogP contribution in [0.4, 0.5) is 5.82 Å². The Bertz CT molecular complexity index is 623. The summed E-state index contributed by atoms with van der Waals surface area (Å²) in [6, 6.07) is 12.6. The Morgan fingerprint density at radius 2 is 2.11 bits per heavy atom. The zero-order valence-electron chi connectivity index (χ0n) is 10.4. The van der Waals surface area contributed by atoms with Gasteiger partial charge in [0.1, 0.15) is 5.82 Å². The smallest absolute Gasteiger partial charge is 0.130 e. The summed E-state index contributed by atoms with van der Waals surface area (Å²) in [6.45, 7) is 0. The van der Waals surface area contributed by atoms with E-state index in [4.69, 9.17) is 0 Å². The van der Waals surface area contributed by atoms with Crippen molar-refractivity contribution in [2.75, 3.05) is 11.9 Å². The summed E-state index contributed by atoms with van der Waals surface area (Å²) >= 11 is 0. The number of fused-ring (bicyclic) bond motifs is 1. The molecule has 3 rings (SSSR count). The number of pyridine rings is 1. The normalized spacial score (nSPS) is 15.1. The zero-order valence-corrected chi connectivity index (χ0v) is 10.4. The highest BCUT2D eigenvalue weighted by atomic mass is 15.2. The van der Waals surface area contributed by atoms with E-state index in [0.717, 1.165) is 16.7 Å². The largest absolute Gasteiger partial charge is 0.357 e. The Morgan fingerprint density at radius 1 is 1.33 bits per heavy atom. The van der Waals surface area contributed by atoms with E-state index in [-0.39, 0.29) is 0 Å². The van der Waals surface area contributed by atoms with E-state index >= 15 is 0 Å². The number of aromatic nitrogens is 1. The second-order valence-electron chi connectivity index (χ2n) is 4.85. The molecular weight excluding hydrogens is 222 g/mol. The van der Waals surface area contributed by atoms with E-state index in [1.807, 2.05) is 30.3 Å². The van der Waals surface area contributed by atoms with Crippen molar-refractivity contribution in [2.24, 2.45) is 0 Å². The van der Waals surface area contributed by atoms with Crippen LogP contribution < -0.4 is 4.90 Å². The minimum atomic E-state index is 0.588. The van der Waals surface area contributed by atoms with Crippen LogP contribution in [0.25, 0.3) is 10.9 Å². The first-order valence-electron chi connectivity index (χ1n) is 6.32. The predicted octanol–water partition coefficient (Wildman–Crippen LogP) is 3.10. The molecule has 3 nitrogen and oxygen atoms in total. The second-order valence-corrected chi connectivity index (χ2v) is 4.85. The van der Waals surface area contributed by atoms with Gasteiger partial charge in [-0.3, -0.25) is 0 Å². The average molecular weight is 237 g/mol. The number of hydrogen-bond donors (Lipinski definition) is 0. The third-order valence-corrected chi connectivity index (χ3v) is 3.81. The van der Waals surface area contributed by atoms with Gasteiger partial charge in [0.2, 0.25) is 0 Å². The van der Waals surface area contributed by atoms with Gasteiger partial charge in [-0.1, -0.05) is 18.2 Å². The molecule has 0 radical (unpaired) electrons. The molecule has 0 spiro atoms. The highest BCUT2D eigenvalue weighted by Crippen LogP contribution is 2.29. The van der Waals surface area contributed by atoms with E-state index in [1.165, 1.54) is 19.3 Å². The lowest BCUT2D eigenvalue weighted by Crippen LogP contribution is -2.37. The molecule has 1 aliphatic carbocycles.